The minimum Gasteiger partial charge on any atom is -0.478 e. The van der Waals surface area contributed by atoms with Crippen LogP contribution in [0.2, 0.25) is 0 Å². The van der Waals surface area contributed by atoms with E-state index in [-0.39, 0.29) is 6.61 Å². The van der Waals surface area contributed by atoms with E-state index in [2.05, 4.69) is 11.7 Å². The second-order valence-corrected chi connectivity index (χ2v) is 4.17. The molecule has 0 bridgehead atoms. The summed E-state index contributed by atoms with van der Waals surface area (Å²) >= 11 is 0. The molecular weight excluding hydrogens is 280 g/mol. The summed E-state index contributed by atoms with van der Waals surface area (Å²) in [4.78, 5) is 32.2. The zero-order chi connectivity index (χ0) is 15.9. The highest BCUT2D eigenvalue weighted by atomic mass is 16.6. The zero-order valence-corrected chi connectivity index (χ0v) is 12.2. The smallest absolute Gasteiger partial charge is 0.344 e. The molecule has 0 aliphatic heterocycles. The van der Waals surface area contributed by atoms with Crippen LogP contribution in [0.25, 0.3) is 0 Å². The minimum absolute atomic E-state index is 0.0924. The molecule has 0 aromatic rings. The number of hydrogen-bond acceptors (Lipinski definition) is 6. The molecule has 0 aromatic heterocycles. The average molecular weight is 302 g/mol. The van der Waals surface area contributed by atoms with E-state index in [0.717, 1.165) is 25.3 Å². The number of carbonyl (C=O) groups is 3. The summed E-state index contributed by atoms with van der Waals surface area (Å²) in [6, 6.07) is 0. The number of aliphatic carboxylic acids is 1. The van der Waals surface area contributed by atoms with Gasteiger partial charge in [0.15, 0.2) is 6.61 Å². The van der Waals surface area contributed by atoms with Crippen molar-refractivity contribution >= 4 is 17.9 Å². The molecule has 0 amide bonds. The van der Waals surface area contributed by atoms with Crippen LogP contribution in [0.15, 0.2) is 12.2 Å². The first kappa shape index (κ1) is 19.1. The predicted octanol–water partition coefficient (Wildman–Crippen LogP) is 1.31. The van der Waals surface area contributed by atoms with Crippen LogP contribution in [0, 0.1) is 0 Å². The third kappa shape index (κ3) is 14.3. The molecule has 0 rings (SSSR count). The molecule has 0 saturated carbocycles. The van der Waals surface area contributed by atoms with E-state index in [0.29, 0.717) is 19.3 Å². The SMILES string of the molecule is CCCCCCOCCOC(=O)COC(=O)/C=C/C(=O)O. The van der Waals surface area contributed by atoms with Gasteiger partial charge in [-0.3, -0.25) is 0 Å². The van der Waals surface area contributed by atoms with Crippen molar-refractivity contribution in [2.24, 2.45) is 0 Å². The van der Waals surface area contributed by atoms with Crippen molar-refractivity contribution in [3.05, 3.63) is 12.2 Å². The van der Waals surface area contributed by atoms with E-state index < -0.39 is 24.5 Å². The standard InChI is InChI=1S/C14H22O7/c1-2-3-4-5-8-19-9-10-20-14(18)11-21-13(17)7-6-12(15)16/h6-7H,2-5,8-11H2,1H3,(H,15,16)/b7-6+. The van der Waals surface area contributed by atoms with E-state index in [1.807, 2.05) is 0 Å². The van der Waals surface area contributed by atoms with Gasteiger partial charge in [-0.1, -0.05) is 26.2 Å². The van der Waals surface area contributed by atoms with Crippen LogP contribution in [-0.2, 0) is 28.6 Å². The molecule has 0 heterocycles. The Morgan fingerprint density at radius 3 is 2.38 bits per heavy atom. The van der Waals surface area contributed by atoms with Crippen LogP contribution in [-0.4, -0.2) is 49.4 Å². The quantitative estimate of drug-likeness (QED) is 0.329. The van der Waals surface area contributed by atoms with Crippen LogP contribution >= 0.6 is 0 Å². The second-order valence-electron chi connectivity index (χ2n) is 4.17. The Morgan fingerprint density at radius 1 is 0.952 bits per heavy atom. The van der Waals surface area contributed by atoms with Crippen LogP contribution < -0.4 is 0 Å². The first-order valence-electron chi connectivity index (χ1n) is 6.87. The Balaban J connectivity index is 3.46. The predicted molar refractivity (Wildman–Crippen MR) is 73.7 cm³/mol. The molecule has 7 heteroatoms. The number of hydrogen-bond donors (Lipinski definition) is 1. The van der Waals surface area contributed by atoms with Crippen LogP contribution in [0.1, 0.15) is 32.6 Å². The van der Waals surface area contributed by atoms with E-state index in [9.17, 15) is 14.4 Å². The van der Waals surface area contributed by atoms with E-state index in [1.54, 1.807) is 0 Å². The molecule has 0 fully saturated rings. The first-order valence-corrected chi connectivity index (χ1v) is 6.87. The van der Waals surface area contributed by atoms with Gasteiger partial charge in [0.25, 0.3) is 0 Å². The van der Waals surface area contributed by atoms with Crippen LogP contribution in [0.3, 0.4) is 0 Å². The van der Waals surface area contributed by atoms with Crippen LogP contribution in [0.5, 0.6) is 0 Å². The third-order valence-corrected chi connectivity index (χ3v) is 2.33. The number of carboxylic acid groups (broad SMARTS) is 1. The molecule has 0 atom stereocenters. The molecule has 120 valence electrons. The summed E-state index contributed by atoms with van der Waals surface area (Å²) in [7, 11) is 0. The summed E-state index contributed by atoms with van der Waals surface area (Å²) in [5.74, 6) is -2.89. The molecule has 0 aliphatic carbocycles. The van der Waals surface area contributed by atoms with Crippen molar-refractivity contribution in [1.29, 1.82) is 0 Å². The molecule has 7 nitrogen and oxygen atoms in total. The van der Waals surface area contributed by atoms with Crippen LogP contribution in [0.4, 0.5) is 0 Å². The normalized spacial score (nSPS) is 10.5. The molecular formula is C14H22O7. The zero-order valence-electron chi connectivity index (χ0n) is 12.2. The largest absolute Gasteiger partial charge is 0.478 e. The van der Waals surface area contributed by atoms with E-state index in [1.165, 1.54) is 6.42 Å². The van der Waals surface area contributed by atoms with Gasteiger partial charge in [0.2, 0.25) is 0 Å². The van der Waals surface area contributed by atoms with Crippen molar-refractivity contribution in [2.75, 3.05) is 26.4 Å². The van der Waals surface area contributed by atoms with Gasteiger partial charge in [-0.15, -0.1) is 0 Å². The summed E-state index contributed by atoms with van der Waals surface area (Å²) in [6.45, 7) is 2.59. The summed E-state index contributed by atoms with van der Waals surface area (Å²) in [5.41, 5.74) is 0. The highest BCUT2D eigenvalue weighted by Gasteiger charge is 2.06. The van der Waals surface area contributed by atoms with Gasteiger partial charge in [0.1, 0.15) is 6.61 Å². The molecule has 0 aromatic carbocycles. The monoisotopic (exact) mass is 302 g/mol. The fraction of sp³-hybridized carbons (Fsp3) is 0.643. The number of rotatable bonds is 12. The number of carboxylic acids is 1. The Hall–Kier alpha value is -1.89. The molecule has 0 unspecified atom stereocenters. The van der Waals surface area contributed by atoms with Gasteiger partial charge in [0.05, 0.1) is 6.61 Å². The Labute approximate surface area is 123 Å². The lowest BCUT2D eigenvalue weighted by Crippen LogP contribution is -2.18. The topological polar surface area (TPSA) is 99.1 Å². The number of esters is 2. The first-order chi connectivity index (χ1) is 10.1. The highest BCUT2D eigenvalue weighted by Crippen LogP contribution is 1.98. The molecule has 0 aliphatic rings. The maximum absolute atomic E-state index is 11.2. The average Bonchev–Trinajstić information content (AvgIpc) is 2.45. The van der Waals surface area contributed by atoms with E-state index in [4.69, 9.17) is 14.6 Å². The molecule has 0 spiro atoms. The third-order valence-electron chi connectivity index (χ3n) is 2.33. The van der Waals surface area contributed by atoms with Crippen molar-refractivity contribution in [1.82, 2.24) is 0 Å². The van der Waals surface area contributed by atoms with Crippen molar-refractivity contribution in [3.8, 4) is 0 Å². The maximum atomic E-state index is 11.2. The Bertz CT molecular complexity index is 349. The summed E-state index contributed by atoms with van der Waals surface area (Å²) < 4.78 is 14.5. The molecule has 0 saturated heterocycles. The molecule has 1 N–H and O–H groups in total. The van der Waals surface area contributed by atoms with Gasteiger partial charge >= 0.3 is 17.9 Å². The fourth-order valence-corrected chi connectivity index (χ4v) is 1.31. The molecule has 21 heavy (non-hydrogen) atoms. The van der Waals surface area contributed by atoms with Crippen molar-refractivity contribution < 1.29 is 33.7 Å². The summed E-state index contributed by atoms with van der Waals surface area (Å²) in [6.07, 6.45) is 5.79. The maximum Gasteiger partial charge on any atom is 0.344 e. The van der Waals surface area contributed by atoms with Gasteiger partial charge in [-0.25, -0.2) is 14.4 Å². The van der Waals surface area contributed by atoms with Gasteiger partial charge in [-0.05, 0) is 6.42 Å². The lowest BCUT2D eigenvalue weighted by molar-refractivity contribution is -0.157. The number of ether oxygens (including phenoxy) is 3. The van der Waals surface area contributed by atoms with E-state index >= 15 is 0 Å². The fourth-order valence-electron chi connectivity index (χ4n) is 1.31. The van der Waals surface area contributed by atoms with Gasteiger partial charge < -0.3 is 19.3 Å². The Morgan fingerprint density at radius 2 is 1.71 bits per heavy atom. The lowest BCUT2D eigenvalue weighted by atomic mass is 10.2. The van der Waals surface area contributed by atoms with Gasteiger partial charge in [-0.2, -0.15) is 0 Å². The van der Waals surface area contributed by atoms with Crippen molar-refractivity contribution in [3.63, 3.8) is 0 Å². The van der Waals surface area contributed by atoms with Crippen molar-refractivity contribution in [2.45, 2.75) is 32.6 Å². The highest BCUT2D eigenvalue weighted by molar-refractivity contribution is 5.91. The summed E-state index contributed by atoms with van der Waals surface area (Å²) in [5, 5.41) is 8.27. The number of unbranched alkanes of at least 4 members (excludes halogenated alkanes) is 3. The Kier molecular flexibility index (Phi) is 11.9. The minimum atomic E-state index is -1.27. The number of carbonyl (C=O) groups excluding carboxylic acids is 2. The molecule has 0 radical (unpaired) electrons. The second kappa shape index (κ2) is 13.1. The lowest BCUT2D eigenvalue weighted by Gasteiger charge is -2.06. The van der Waals surface area contributed by atoms with Gasteiger partial charge in [0, 0.05) is 18.8 Å².